The quantitative estimate of drug-likeness (QED) is 0.445. The molecule has 3 N–H and O–H groups in total. The molecule has 0 amide bonds. The Hall–Kier alpha value is -2.72. The first-order chi connectivity index (χ1) is 13.2. The van der Waals surface area contributed by atoms with Gasteiger partial charge in [0.05, 0.1) is 0 Å². The van der Waals surface area contributed by atoms with Crippen molar-refractivity contribution in [1.82, 2.24) is 9.88 Å². The zero-order valence-corrected chi connectivity index (χ0v) is 15.4. The molecule has 4 heteroatoms. The van der Waals surface area contributed by atoms with Gasteiger partial charge in [-0.05, 0) is 67.3 Å². The molecule has 140 valence electrons. The van der Waals surface area contributed by atoms with E-state index in [1.807, 2.05) is 24.3 Å². The molecule has 4 nitrogen and oxygen atoms in total. The van der Waals surface area contributed by atoms with Gasteiger partial charge in [0.25, 0.3) is 0 Å². The molecule has 2 heterocycles. The van der Waals surface area contributed by atoms with Crippen molar-refractivity contribution < 1.29 is 10.2 Å². The third-order valence-electron chi connectivity index (χ3n) is 5.41. The van der Waals surface area contributed by atoms with E-state index in [0.717, 1.165) is 49.8 Å². The Bertz CT molecular complexity index is 944. The minimum atomic E-state index is 0.321. The second kappa shape index (κ2) is 7.89. The van der Waals surface area contributed by atoms with Gasteiger partial charge in [0.1, 0.15) is 11.5 Å². The van der Waals surface area contributed by atoms with Crippen molar-refractivity contribution in [1.29, 1.82) is 0 Å². The summed E-state index contributed by atoms with van der Waals surface area (Å²) in [7, 11) is 0. The van der Waals surface area contributed by atoms with Crippen molar-refractivity contribution in [3.8, 4) is 11.5 Å². The van der Waals surface area contributed by atoms with Gasteiger partial charge in [0, 0.05) is 36.1 Å². The molecule has 27 heavy (non-hydrogen) atoms. The summed E-state index contributed by atoms with van der Waals surface area (Å²) in [6, 6.07) is 13.1. The number of phenolic OH excluding ortho intramolecular Hbond substituents is 2. The van der Waals surface area contributed by atoms with Crippen LogP contribution in [-0.2, 0) is 6.42 Å². The van der Waals surface area contributed by atoms with E-state index in [2.05, 4.69) is 34.3 Å². The van der Waals surface area contributed by atoms with E-state index in [0.29, 0.717) is 17.4 Å². The SMILES string of the molecule is Oc1cccc(C2C=CCN(CCCCc3c[nH]c4ccc(O)cc34)C2)c1. The molecule has 0 radical (unpaired) electrons. The molecule has 1 unspecified atom stereocenters. The minimum Gasteiger partial charge on any atom is -0.508 e. The van der Waals surface area contributed by atoms with Crippen LogP contribution in [0.15, 0.2) is 60.8 Å². The average molecular weight is 362 g/mol. The lowest BCUT2D eigenvalue weighted by Crippen LogP contribution is -2.32. The first kappa shape index (κ1) is 17.7. The summed E-state index contributed by atoms with van der Waals surface area (Å²) >= 11 is 0. The summed E-state index contributed by atoms with van der Waals surface area (Å²) in [6.45, 7) is 3.07. The van der Waals surface area contributed by atoms with Crippen molar-refractivity contribution in [2.75, 3.05) is 19.6 Å². The van der Waals surface area contributed by atoms with Crippen molar-refractivity contribution in [3.63, 3.8) is 0 Å². The van der Waals surface area contributed by atoms with Crippen LogP contribution in [0.4, 0.5) is 0 Å². The van der Waals surface area contributed by atoms with Crippen LogP contribution in [0.1, 0.15) is 29.9 Å². The van der Waals surface area contributed by atoms with E-state index in [4.69, 9.17) is 0 Å². The van der Waals surface area contributed by atoms with Crippen LogP contribution in [-0.4, -0.2) is 39.7 Å². The molecule has 1 aliphatic rings. The van der Waals surface area contributed by atoms with Gasteiger partial charge in [-0.2, -0.15) is 0 Å². The molecule has 0 saturated heterocycles. The first-order valence-corrected chi connectivity index (χ1v) is 9.66. The Kier molecular flexibility index (Phi) is 5.16. The van der Waals surface area contributed by atoms with E-state index in [1.54, 1.807) is 12.1 Å². The minimum absolute atomic E-state index is 0.321. The van der Waals surface area contributed by atoms with Crippen molar-refractivity contribution >= 4 is 10.9 Å². The van der Waals surface area contributed by atoms with Crippen LogP contribution < -0.4 is 0 Å². The Morgan fingerprint density at radius 3 is 2.81 bits per heavy atom. The number of aromatic amines is 1. The number of rotatable bonds is 6. The molecule has 1 aliphatic heterocycles. The lowest BCUT2D eigenvalue weighted by Gasteiger charge is -2.29. The molecule has 3 aromatic rings. The lowest BCUT2D eigenvalue weighted by atomic mass is 9.95. The van der Waals surface area contributed by atoms with Crippen molar-refractivity contribution in [2.45, 2.75) is 25.2 Å². The van der Waals surface area contributed by atoms with Crippen LogP contribution in [0.3, 0.4) is 0 Å². The number of aromatic nitrogens is 1. The highest BCUT2D eigenvalue weighted by molar-refractivity contribution is 5.84. The zero-order chi connectivity index (χ0) is 18.6. The van der Waals surface area contributed by atoms with Gasteiger partial charge in [0.2, 0.25) is 0 Å². The van der Waals surface area contributed by atoms with Gasteiger partial charge in [-0.1, -0.05) is 24.3 Å². The third-order valence-corrected chi connectivity index (χ3v) is 5.41. The number of nitrogens with one attached hydrogen (secondary N) is 1. The fraction of sp³-hybridized carbons (Fsp3) is 0.304. The molecule has 2 aromatic carbocycles. The summed E-state index contributed by atoms with van der Waals surface area (Å²) in [4.78, 5) is 5.77. The maximum absolute atomic E-state index is 9.71. The summed E-state index contributed by atoms with van der Waals surface area (Å²) < 4.78 is 0. The highest BCUT2D eigenvalue weighted by Crippen LogP contribution is 2.26. The standard InChI is InChI=1S/C23H26N2O2/c26-20-8-3-6-17(13-20)19-7-4-12-25(16-19)11-2-1-5-18-15-24-23-10-9-21(27)14-22(18)23/h3-4,6-10,13-15,19,24,26-27H,1-2,5,11-12,16H2. The van der Waals surface area contributed by atoms with Crippen LogP contribution >= 0.6 is 0 Å². The number of aryl methyl sites for hydroxylation is 1. The molecular formula is C23H26N2O2. The van der Waals surface area contributed by atoms with Crippen LogP contribution in [0.25, 0.3) is 10.9 Å². The normalized spacial score (nSPS) is 17.6. The number of fused-ring (bicyclic) bond motifs is 1. The number of nitrogens with zero attached hydrogens (tertiary/aromatic N) is 1. The topological polar surface area (TPSA) is 59.5 Å². The molecule has 1 aromatic heterocycles. The molecule has 1 atom stereocenters. The average Bonchev–Trinajstić information content (AvgIpc) is 3.07. The van der Waals surface area contributed by atoms with Crippen LogP contribution in [0.2, 0.25) is 0 Å². The first-order valence-electron chi connectivity index (χ1n) is 9.66. The Morgan fingerprint density at radius 1 is 1.04 bits per heavy atom. The van der Waals surface area contributed by atoms with E-state index in [1.165, 1.54) is 11.1 Å². The molecule has 0 saturated carbocycles. The molecule has 4 rings (SSSR count). The van der Waals surface area contributed by atoms with E-state index >= 15 is 0 Å². The van der Waals surface area contributed by atoms with Crippen LogP contribution in [0, 0.1) is 0 Å². The fourth-order valence-corrected chi connectivity index (χ4v) is 3.97. The van der Waals surface area contributed by atoms with Gasteiger partial charge in [-0.25, -0.2) is 0 Å². The van der Waals surface area contributed by atoms with Gasteiger partial charge >= 0.3 is 0 Å². The lowest BCUT2D eigenvalue weighted by molar-refractivity contribution is 0.278. The number of benzene rings is 2. The fourth-order valence-electron chi connectivity index (χ4n) is 3.97. The van der Waals surface area contributed by atoms with Gasteiger partial charge in [-0.15, -0.1) is 0 Å². The maximum atomic E-state index is 9.71. The predicted molar refractivity (Wildman–Crippen MR) is 109 cm³/mol. The zero-order valence-electron chi connectivity index (χ0n) is 15.4. The smallest absolute Gasteiger partial charge is 0.116 e. The van der Waals surface area contributed by atoms with Crippen molar-refractivity contribution in [2.24, 2.45) is 0 Å². The monoisotopic (exact) mass is 362 g/mol. The predicted octanol–water partition coefficient (Wildman–Crippen LogP) is 4.56. The molecule has 0 spiro atoms. The highest BCUT2D eigenvalue weighted by atomic mass is 16.3. The number of hydrogen-bond donors (Lipinski definition) is 3. The van der Waals surface area contributed by atoms with Crippen LogP contribution in [0.5, 0.6) is 11.5 Å². The number of H-pyrrole nitrogens is 1. The Morgan fingerprint density at radius 2 is 1.93 bits per heavy atom. The second-order valence-corrected chi connectivity index (χ2v) is 7.39. The highest BCUT2D eigenvalue weighted by Gasteiger charge is 2.17. The molecule has 0 fully saturated rings. The van der Waals surface area contributed by atoms with E-state index < -0.39 is 0 Å². The summed E-state index contributed by atoms with van der Waals surface area (Å²) in [6.07, 6.45) is 9.84. The van der Waals surface area contributed by atoms with Crippen molar-refractivity contribution in [3.05, 3.63) is 71.9 Å². The largest absolute Gasteiger partial charge is 0.508 e. The Labute approximate surface area is 159 Å². The molecule has 0 aliphatic carbocycles. The van der Waals surface area contributed by atoms with E-state index in [9.17, 15) is 10.2 Å². The third kappa shape index (κ3) is 4.17. The maximum Gasteiger partial charge on any atom is 0.116 e. The molecule has 0 bridgehead atoms. The van der Waals surface area contributed by atoms with E-state index in [-0.39, 0.29) is 0 Å². The number of aromatic hydroxyl groups is 2. The number of hydrogen-bond acceptors (Lipinski definition) is 3. The van der Waals surface area contributed by atoms with Gasteiger partial charge < -0.3 is 15.2 Å². The summed E-state index contributed by atoms with van der Waals surface area (Å²) in [5.74, 6) is 1.01. The van der Waals surface area contributed by atoms with Gasteiger partial charge in [-0.3, -0.25) is 4.90 Å². The molecular weight excluding hydrogens is 336 g/mol. The summed E-state index contributed by atoms with van der Waals surface area (Å²) in [5.41, 5.74) is 3.53. The second-order valence-electron chi connectivity index (χ2n) is 7.39. The number of unbranched alkanes of at least 4 members (excludes halogenated alkanes) is 1. The Balaban J connectivity index is 1.29. The summed E-state index contributed by atoms with van der Waals surface area (Å²) in [5, 5.41) is 20.5. The van der Waals surface area contributed by atoms with Gasteiger partial charge in [0.15, 0.2) is 0 Å². The number of phenols is 2.